The molecule has 0 saturated carbocycles. The van der Waals surface area contributed by atoms with Crippen molar-refractivity contribution < 1.29 is 19.0 Å². The van der Waals surface area contributed by atoms with Gasteiger partial charge in [0.2, 0.25) is 0 Å². The Bertz CT molecular complexity index is 1830. The lowest BCUT2D eigenvalue weighted by Gasteiger charge is -2.32. The van der Waals surface area contributed by atoms with Gasteiger partial charge in [0.15, 0.2) is 11.6 Å². The molecule has 5 nitrogen and oxygen atoms in total. The van der Waals surface area contributed by atoms with E-state index in [-0.39, 0.29) is 28.8 Å². The molecule has 6 rings (SSSR count). The maximum atomic E-state index is 15.5. The molecular formula is C37H39FN2O3S2. The van der Waals surface area contributed by atoms with E-state index in [1.165, 1.54) is 6.07 Å². The quantitative estimate of drug-likeness (QED) is 0.204. The van der Waals surface area contributed by atoms with E-state index in [4.69, 9.17) is 9.72 Å². The van der Waals surface area contributed by atoms with Gasteiger partial charge in [-0.2, -0.15) is 11.8 Å². The van der Waals surface area contributed by atoms with Crippen LogP contribution in [0.3, 0.4) is 0 Å². The number of carbonyl (C=O) groups is 1. The highest BCUT2D eigenvalue weighted by atomic mass is 32.2. The van der Waals surface area contributed by atoms with Crippen LogP contribution in [0.1, 0.15) is 68.8 Å². The van der Waals surface area contributed by atoms with E-state index in [9.17, 15) is 9.90 Å². The van der Waals surface area contributed by atoms with Crippen molar-refractivity contribution in [1.29, 1.82) is 0 Å². The predicted octanol–water partition coefficient (Wildman–Crippen LogP) is 10.0. The van der Waals surface area contributed by atoms with E-state index >= 15 is 4.39 Å². The highest BCUT2D eigenvalue weighted by Gasteiger charge is 2.33. The Morgan fingerprint density at radius 1 is 1.09 bits per heavy atom. The molecule has 0 saturated heterocycles. The summed E-state index contributed by atoms with van der Waals surface area (Å²) in [6.45, 7) is 6.93. The highest BCUT2D eigenvalue weighted by Crippen LogP contribution is 2.42. The Balaban J connectivity index is 1.41. The van der Waals surface area contributed by atoms with Crippen LogP contribution in [0, 0.1) is 11.2 Å². The molecule has 0 spiro atoms. The van der Waals surface area contributed by atoms with Crippen LogP contribution in [0.2, 0.25) is 0 Å². The van der Waals surface area contributed by atoms with Crippen molar-refractivity contribution in [2.24, 2.45) is 5.41 Å². The van der Waals surface area contributed by atoms with E-state index < -0.39 is 5.97 Å². The standard InChI is InChI=1S/C37H39FN2O3S2/c1-36(2)15-6-16-37(3,26-9-4-7-24(19-26)11-12-33(41)42)32-22-45-35(40-32)25-8-5-10-27(20-25)43-34-29(14-18-44-23-36)28-13-17-39-31(28)21-30(34)38/h4-5,7-10,13,17,19-22,39H,6,11-12,14-16,18,23H2,1-3H3,(H,41,42). The fourth-order valence-electron chi connectivity index (χ4n) is 6.31. The zero-order valence-corrected chi connectivity index (χ0v) is 27.6. The molecule has 5 aromatic rings. The largest absolute Gasteiger partial charge is 0.481 e. The molecule has 0 radical (unpaired) electrons. The fourth-order valence-corrected chi connectivity index (χ4v) is 8.45. The Labute approximate surface area is 272 Å². The number of thiazole rings is 1. The van der Waals surface area contributed by atoms with Gasteiger partial charge in [0.1, 0.15) is 10.8 Å². The number of nitrogens with zero attached hydrogens (tertiary/aromatic N) is 1. The number of benzene rings is 3. The van der Waals surface area contributed by atoms with Crippen LogP contribution in [0.4, 0.5) is 4.39 Å². The second kappa shape index (κ2) is 13.0. The van der Waals surface area contributed by atoms with E-state index in [0.717, 1.165) is 74.6 Å². The number of H-pyrrole nitrogens is 1. The number of carboxylic acids is 1. The number of carboxylic acid groups (broad SMARTS) is 1. The topological polar surface area (TPSA) is 75.2 Å². The van der Waals surface area contributed by atoms with Gasteiger partial charge < -0.3 is 14.8 Å². The molecule has 234 valence electrons. The van der Waals surface area contributed by atoms with Gasteiger partial charge in [-0.25, -0.2) is 9.37 Å². The summed E-state index contributed by atoms with van der Waals surface area (Å²) in [6, 6.07) is 19.6. The van der Waals surface area contributed by atoms with Crippen LogP contribution in [0.25, 0.3) is 21.5 Å². The van der Waals surface area contributed by atoms with Crippen molar-refractivity contribution in [3.8, 4) is 22.1 Å². The second-order valence-electron chi connectivity index (χ2n) is 13.0. The van der Waals surface area contributed by atoms with Crippen molar-refractivity contribution in [3.05, 3.63) is 100 Å². The number of aromatic amines is 1. The summed E-state index contributed by atoms with van der Waals surface area (Å²) in [4.78, 5) is 19.6. The summed E-state index contributed by atoms with van der Waals surface area (Å²) < 4.78 is 21.9. The molecule has 8 heteroatoms. The van der Waals surface area contributed by atoms with Gasteiger partial charge in [-0.15, -0.1) is 11.3 Å². The summed E-state index contributed by atoms with van der Waals surface area (Å²) in [5, 5.41) is 13.3. The van der Waals surface area contributed by atoms with E-state index in [1.54, 1.807) is 11.3 Å². The summed E-state index contributed by atoms with van der Waals surface area (Å²) in [5.41, 5.74) is 5.55. The summed E-state index contributed by atoms with van der Waals surface area (Å²) >= 11 is 3.51. The molecule has 0 fully saturated rings. The molecule has 45 heavy (non-hydrogen) atoms. The minimum absolute atomic E-state index is 0.107. The van der Waals surface area contributed by atoms with Gasteiger partial charge in [-0.1, -0.05) is 56.7 Å². The van der Waals surface area contributed by atoms with Crippen molar-refractivity contribution in [2.45, 2.75) is 64.7 Å². The van der Waals surface area contributed by atoms with Crippen LogP contribution < -0.4 is 4.74 Å². The number of fused-ring (bicyclic) bond motifs is 8. The number of rotatable bonds is 4. The molecule has 1 atom stereocenters. The average molecular weight is 643 g/mol. The maximum Gasteiger partial charge on any atom is 0.303 e. The third-order valence-electron chi connectivity index (χ3n) is 8.95. The lowest BCUT2D eigenvalue weighted by atomic mass is 9.74. The van der Waals surface area contributed by atoms with Crippen molar-refractivity contribution >= 4 is 40.0 Å². The monoisotopic (exact) mass is 642 g/mol. The first kappa shape index (κ1) is 31.4. The molecule has 0 aliphatic carbocycles. The van der Waals surface area contributed by atoms with Gasteiger partial charge in [0, 0.05) is 51.5 Å². The van der Waals surface area contributed by atoms with E-state index in [0.29, 0.717) is 18.6 Å². The first-order valence-corrected chi connectivity index (χ1v) is 17.6. The Morgan fingerprint density at radius 2 is 1.93 bits per heavy atom. The first-order valence-electron chi connectivity index (χ1n) is 15.5. The van der Waals surface area contributed by atoms with Gasteiger partial charge in [0.05, 0.1) is 5.69 Å². The van der Waals surface area contributed by atoms with E-state index in [2.05, 4.69) is 43.3 Å². The number of nitrogens with one attached hydrogen (secondary N) is 1. The molecular weight excluding hydrogens is 604 g/mol. The third kappa shape index (κ3) is 6.97. The number of hydrogen-bond donors (Lipinski definition) is 2. The fraction of sp³-hybridized carbons (Fsp3) is 0.351. The molecule has 1 aliphatic rings. The van der Waals surface area contributed by atoms with Crippen LogP contribution >= 0.6 is 23.1 Å². The summed E-state index contributed by atoms with van der Waals surface area (Å²) in [7, 11) is 0. The minimum atomic E-state index is -0.790. The Morgan fingerprint density at radius 3 is 2.78 bits per heavy atom. The molecule has 2 N–H and O–H groups in total. The van der Waals surface area contributed by atoms with Gasteiger partial charge in [-0.3, -0.25) is 4.79 Å². The lowest BCUT2D eigenvalue weighted by molar-refractivity contribution is -0.136. The number of aryl methyl sites for hydroxylation is 2. The Kier molecular flexibility index (Phi) is 9.07. The van der Waals surface area contributed by atoms with Crippen LogP contribution in [0.5, 0.6) is 11.5 Å². The summed E-state index contributed by atoms with van der Waals surface area (Å²) in [6.07, 6.45) is 6.17. The van der Waals surface area contributed by atoms with Gasteiger partial charge in [-0.05, 0) is 78.9 Å². The minimum Gasteiger partial charge on any atom is -0.481 e. The zero-order valence-electron chi connectivity index (χ0n) is 26.0. The number of halogens is 1. The molecule has 1 unspecified atom stereocenters. The van der Waals surface area contributed by atoms with Crippen LogP contribution in [-0.4, -0.2) is 32.5 Å². The van der Waals surface area contributed by atoms with Gasteiger partial charge >= 0.3 is 5.97 Å². The SMILES string of the molecule is CC1(C)CCCC(C)(c2cccc(CCC(=O)O)c2)c2csc(n2)-c2cccc(c2)Oc2c(F)cc3[nH]ccc3c2CCSC1. The highest BCUT2D eigenvalue weighted by molar-refractivity contribution is 7.99. The lowest BCUT2D eigenvalue weighted by Crippen LogP contribution is -2.26. The van der Waals surface area contributed by atoms with Gasteiger partial charge in [0.25, 0.3) is 0 Å². The smallest absolute Gasteiger partial charge is 0.303 e. The van der Waals surface area contributed by atoms with Crippen molar-refractivity contribution in [1.82, 2.24) is 9.97 Å². The number of aromatic nitrogens is 2. The normalized spacial score (nSPS) is 18.8. The average Bonchev–Trinajstić information content (AvgIpc) is 3.70. The summed E-state index contributed by atoms with van der Waals surface area (Å²) in [5.74, 6) is 1.56. The molecule has 2 aromatic heterocycles. The van der Waals surface area contributed by atoms with Crippen LogP contribution in [-0.2, 0) is 23.1 Å². The predicted molar refractivity (Wildman–Crippen MR) is 183 cm³/mol. The van der Waals surface area contributed by atoms with E-state index in [1.807, 2.05) is 60.4 Å². The molecule has 3 heterocycles. The second-order valence-corrected chi connectivity index (χ2v) is 15.0. The first-order chi connectivity index (χ1) is 21.6. The zero-order chi connectivity index (χ0) is 31.6. The van der Waals surface area contributed by atoms with Crippen molar-refractivity contribution in [2.75, 3.05) is 11.5 Å². The third-order valence-corrected chi connectivity index (χ3v) is 11.3. The molecule has 0 amide bonds. The van der Waals surface area contributed by atoms with Crippen LogP contribution in [0.15, 0.2) is 72.2 Å². The molecule has 3 aromatic carbocycles. The molecule has 1 aliphatic heterocycles. The maximum absolute atomic E-state index is 15.5. The Hall–Kier alpha value is -3.62. The van der Waals surface area contributed by atoms with Crippen molar-refractivity contribution in [3.63, 3.8) is 0 Å². The molecule has 4 bridgehead atoms. The number of thioether (sulfide) groups is 1. The number of ether oxygens (including phenoxy) is 1. The number of hydrogen-bond acceptors (Lipinski definition) is 5. The number of aliphatic carboxylic acids is 1.